The average Bonchev–Trinajstić information content (AvgIpc) is 2.23. The number of carbonyl (C=O) groups is 1. The molecule has 1 aromatic rings. The zero-order chi connectivity index (χ0) is 14.8. The van der Waals surface area contributed by atoms with Gasteiger partial charge in [0.2, 0.25) is 0 Å². The van der Waals surface area contributed by atoms with Crippen molar-refractivity contribution in [2.75, 3.05) is 0 Å². The summed E-state index contributed by atoms with van der Waals surface area (Å²) in [4.78, 5) is 11.1. The number of benzene rings is 1. The third-order valence-electron chi connectivity index (χ3n) is 3.14. The SMILES string of the molecule is CC(=O)O[SiH2]c1cccc(C(C)(C)C)c1C(C)(C)C. The van der Waals surface area contributed by atoms with Gasteiger partial charge in [-0.05, 0) is 27.1 Å². The van der Waals surface area contributed by atoms with Crippen molar-refractivity contribution in [3.63, 3.8) is 0 Å². The highest BCUT2D eigenvalue weighted by Gasteiger charge is 2.27. The van der Waals surface area contributed by atoms with Crippen molar-refractivity contribution in [1.82, 2.24) is 0 Å². The molecule has 0 aliphatic carbocycles. The molecule has 0 spiro atoms. The van der Waals surface area contributed by atoms with Crippen molar-refractivity contribution >= 4 is 20.9 Å². The highest BCUT2D eigenvalue weighted by molar-refractivity contribution is 6.49. The van der Waals surface area contributed by atoms with Crippen LogP contribution in [0.2, 0.25) is 0 Å². The highest BCUT2D eigenvalue weighted by Crippen LogP contribution is 2.32. The molecule has 2 nitrogen and oxygen atoms in total. The van der Waals surface area contributed by atoms with E-state index in [-0.39, 0.29) is 16.8 Å². The molecular weight excluding hydrogens is 252 g/mol. The summed E-state index contributed by atoms with van der Waals surface area (Å²) < 4.78 is 5.33. The smallest absolute Gasteiger partial charge is 0.289 e. The summed E-state index contributed by atoms with van der Waals surface area (Å²) in [5, 5.41) is 1.25. The minimum absolute atomic E-state index is 0.0619. The van der Waals surface area contributed by atoms with Crippen molar-refractivity contribution < 1.29 is 9.22 Å². The van der Waals surface area contributed by atoms with Crippen LogP contribution in [0.1, 0.15) is 59.6 Å². The summed E-state index contributed by atoms with van der Waals surface area (Å²) in [6.07, 6.45) is 0. The molecule has 0 fully saturated rings. The first-order chi connectivity index (χ1) is 8.53. The molecule has 1 rings (SSSR count). The summed E-state index contributed by atoms with van der Waals surface area (Å²) in [5.74, 6) is -0.173. The van der Waals surface area contributed by atoms with E-state index in [2.05, 4.69) is 59.7 Å². The summed E-state index contributed by atoms with van der Waals surface area (Å²) in [5.41, 5.74) is 2.88. The Hall–Kier alpha value is -1.09. The summed E-state index contributed by atoms with van der Waals surface area (Å²) >= 11 is 0. The minimum Gasteiger partial charge on any atom is -0.521 e. The molecule has 0 aromatic heterocycles. The molecule has 3 heteroatoms. The summed E-state index contributed by atoms with van der Waals surface area (Å²) in [7, 11) is -0.997. The van der Waals surface area contributed by atoms with Crippen molar-refractivity contribution in [2.45, 2.75) is 59.3 Å². The first-order valence-corrected chi connectivity index (χ1v) is 8.08. The maximum absolute atomic E-state index is 11.1. The molecule has 0 bridgehead atoms. The monoisotopic (exact) mass is 278 g/mol. The van der Waals surface area contributed by atoms with Gasteiger partial charge < -0.3 is 4.43 Å². The van der Waals surface area contributed by atoms with Gasteiger partial charge in [-0.3, -0.25) is 4.79 Å². The van der Waals surface area contributed by atoms with E-state index in [1.807, 2.05) is 0 Å². The lowest BCUT2D eigenvalue weighted by Gasteiger charge is -2.32. The van der Waals surface area contributed by atoms with Crippen LogP contribution in [-0.2, 0) is 20.1 Å². The first kappa shape index (κ1) is 16.0. The zero-order valence-corrected chi connectivity index (χ0v) is 14.7. The molecule has 0 radical (unpaired) electrons. The molecule has 0 unspecified atom stereocenters. The van der Waals surface area contributed by atoms with Crippen LogP contribution >= 0.6 is 0 Å². The maximum Gasteiger partial charge on any atom is 0.289 e. The number of hydrogen-bond acceptors (Lipinski definition) is 2. The van der Waals surface area contributed by atoms with E-state index < -0.39 is 9.76 Å². The van der Waals surface area contributed by atoms with Crippen LogP contribution in [0.5, 0.6) is 0 Å². The van der Waals surface area contributed by atoms with Crippen LogP contribution in [0.4, 0.5) is 0 Å². The number of carbonyl (C=O) groups excluding carboxylic acids is 1. The molecule has 0 N–H and O–H groups in total. The molecule has 0 atom stereocenters. The first-order valence-electron chi connectivity index (χ1n) is 6.79. The fourth-order valence-corrected chi connectivity index (χ4v) is 3.87. The van der Waals surface area contributed by atoms with Gasteiger partial charge >= 0.3 is 0 Å². The molecule has 0 aliphatic rings. The lowest BCUT2D eigenvalue weighted by molar-refractivity contribution is -0.131. The maximum atomic E-state index is 11.1. The summed E-state index contributed by atoms with van der Waals surface area (Å²) in [6, 6.07) is 6.40. The Kier molecular flexibility index (Phi) is 4.61. The predicted octanol–water partition coefficient (Wildman–Crippen LogP) is 2.55. The van der Waals surface area contributed by atoms with E-state index in [4.69, 9.17) is 4.43 Å². The average molecular weight is 278 g/mol. The van der Waals surface area contributed by atoms with Gasteiger partial charge in [-0.2, -0.15) is 0 Å². The normalized spacial score (nSPS) is 13.0. The van der Waals surface area contributed by atoms with Crippen LogP contribution < -0.4 is 5.19 Å². The second-order valence-electron chi connectivity index (χ2n) is 7.12. The fourth-order valence-electron chi connectivity index (χ4n) is 2.41. The molecule has 0 heterocycles. The van der Waals surface area contributed by atoms with E-state index >= 15 is 0 Å². The van der Waals surface area contributed by atoms with Gasteiger partial charge in [-0.25, -0.2) is 0 Å². The quantitative estimate of drug-likeness (QED) is 0.777. The van der Waals surface area contributed by atoms with Gasteiger partial charge in [0.1, 0.15) is 0 Å². The van der Waals surface area contributed by atoms with Crippen LogP contribution in [0.3, 0.4) is 0 Å². The van der Waals surface area contributed by atoms with Crippen LogP contribution in [-0.4, -0.2) is 15.7 Å². The molecule has 106 valence electrons. The molecule has 0 aliphatic heterocycles. The Morgan fingerprint density at radius 2 is 1.63 bits per heavy atom. The fraction of sp³-hybridized carbons (Fsp3) is 0.562. The largest absolute Gasteiger partial charge is 0.521 e. The molecule has 0 amide bonds. The Morgan fingerprint density at radius 1 is 1.05 bits per heavy atom. The Bertz CT molecular complexity index is 465. The molecule has 0 saturated carbocycles. The van der Waals surface area contributed by atoms with E-state index in [1.165, 1.54) is 23.2 Å². The van der Waals surface area contributed by atoms with Crippen molar-refractivity contribution in [2.24, 2.45) is 0 Å². The number of rotatable bonds is 2. The van der Waals surface area contributed by atoms with Gasteiger partial charge in [0.25, 0.3) is 15.7 Å². The molecule has 1 aromatic carbocycles. The van der Waals surface area contributed by atoms with Crippen molar-refractivity contribution in [1.29, 1.82) is 0 Å². The molecular formula is C16H26O2Si. The third kappa shape index (κ3) is 4.20. The summed E-state index contributed by atoms with van der Waals surface area (Å²) in [6.45, 7) is 14.9. The standard InChI is InChI=1S/C16H26O2Si/c1-11(17)18-19-13-10-8-9-12(15(2,3)4)14(13)16(5,6)7/h8-10H,19H2,1-7H3. The van der Waals surface area contributed by atoms with Gasteiger partial charge in [0, 0.05) is 6.92 Å². The van der Waals surface area contributed by atoms with Gasteiger partial charge in [0.05, 0.1) is 0 Å². The predicted molar refractivity (Wildman–Crippen MR) is 83.8 cm³/mol. The highest BCUT2D eigenvalue weighted by atomic mass is 28.2. The van der Waals surface area contributed by atoms with Gasteiger partial charge in [-0.15, -0.1) is 0 Å². The van der Waals surface area contributed by atoms with E-state index in [1.54, 1.807) is 0 Å². The Labute approximate surface area is 119 Å². The Balaban J connectivity index is 3.35. The van der Waals surface area contributed by atoms with Crippen molar-refractivity contribution in [3.05, 3.63) is 29.3 Å². The lowest BCUT2D eigenvalue weighted by Crippen LogP contribution is -2.34. The van der Waals surface area contributed by atoms with Gasteiger partial charge in [0.15, 0.2) is 0 Å². The lowest BCUT2D eigenvalue weighted by atomic mass is 9.75. The van der Waals surface area contributed by atoms with E-state index in [0.717, 1.165) is 0 Å². The molecule has 19 heavy (non-hydrogen) atoms. The van der Waals surface area contributed by atoms with E-state index in [9.17, 15) is 4.79 Å². The minimum atomic E-state index is -0.997. The third-order valence-corrected chi connectivity index (χ3v) is 4.59. The van der Waals surface area contributed by atoms with Crippen LogP contribution in [0.15, 0.2) is 18.2 Å². The Morgan fingerprint density at radius 3 is 2.05 bits per heavy atom. The topological polar surface area (TPSA) is 26.3 Å². The van der Waals surface area contributed by atoms with Crippen LogP contribution in [0.25, 0.3) is 0 Å². The van der Waals surface area contributed by atoms with Crippen LogP contribution in [0, 0.1) is 0 Å². The van der Waals surface area contributed by atoms with Gasteiger partial charge in [-0.1, -0.05) is 59.7 Å². The second kappa shape index (κ2) is 5.49. The van der Waals surface area contributed by atoms with E-state index in [0.29, 0.717) is 0 Å². The van der Waals surface area contributed by atoms with Crippen molar-refractivity contribution in [3.8, 4) is 0 Å². The second-order valence-corrected chi connectivity index (χ2v) is 8.46. The number of hydrogen-bond donors (Lipinski definition) is 0. The zero-order valence-electron chi connectivity index (χ0n) is 13.3. The molecule has 0 saturated heterocycles.